The highest BCUT2D eigenvalue weighted by Gasteiger charge is 2.32. The molecule has 0 aliphatic carbocycles. The summed E-state index contributed by atoms with van der Waals surface area (Å²) in [4.78, 5) is 15.1. The molecular weight excluding hydrogens is 275 g/mol. The fourth-order valence-electron chi connectivity index (χ4n) is 1.50. The van der Waals surface area contributed by atoms with Gasteiger partial charge in [0.25, 0.3) is 0 Å². The summed E-state index contributed by atoms with van der Waals surface area (Å²) in [7, 11) is 1.68. The number of halogens is 3. The molecule has 106 valence electrons. The third-order valence-corrected chi connectivity index (χ3v) is 2.27. The lowest BCUT2D eigenvalue weighted by molar-refractivity contribution is -0.163. The van der Waals surface area contributed by atoms with Gasteiger partial charge in [-0.2, -0.15) is 18.3 Å². The summed E-state index contributed by atoms with van der Waals surface area (Å²) in [6.07, 6.45) is -4.73. The summed E-state index contributed by atoms with van der Waals surface area (Å²) in [5, 5.41) is 4.05. The Balaban J connectivity index is 2.12. The monoisotopic (exact) mass is 285 g/mol. The first-order chi connectivity index (χ1) is 9.33. The van der Waals surface area contributed by atoms with E-state index in [2.05, 4.69) is 14.8 Å². The maximum Gasteiger partial charge on any atom is 0.399 e. The predicted octanol–water partition coefficient (Wildman–Crippen LogP) is 2.34. The Kier molecular flexibility index (Phi) is 3.73. The van der Waals surface area contributed by atoms with Crippen LogP contribution >= 0.6 is 0 Å². The standard InChI is InChI=1S/C12H10F3N3O2/c1-18-7-16-11(17-18)8-3-2-4-9(5-8)20-10(19)6-12(13,14)15/h2-5,7H,6H2,1H3. The zero-order chi connectivity index (χ0) is 14.8. The summed E-state index contributed by atoms with van der Waals surface area (Å²) < 4.78 is 42.2. The predicted molar refractivity (Wildman–Crippen MR) is 62.7 cm³/mol. The fourth-order valence-corrected chi connectivity index (χ4v) is 1.50. The highest BCUT2D eigenvalue weighted by molar-refractivity contribution is 5.73. The summed E-state index contributed by atoms with van der Waals surface area (Å²) >= 11 is 0. The highest BCUT2D eigenvalue weighted by atomic mass is 19.4. The SMILES string of the molecule is Cn1cnc(-c2cccc(OC(=O)CC(F)(F)F)c2)n1. The number of hydrogen-bond donors (Lipinski definition) is 0. The zero-order valence-corrected chi connectivity index (χ0v) is 10.4. The highest BCUT2D eigenvalue weighted by Crippen LogP contribution is 2.23. The van der Waals surface area contributed by atoms with E-state index in [1.807, 2.05) is 0 Å². The van der Waals surface area contributed by atoms with Crippen LogP contribution in [-0.2, 0) is 11.8 Å². The van der Waals surface area contributed by atoms with E-state index in [9.17, 15) is 18.0 Å². The van der Waals surface area contributed by atoms with Crippen molar-refractivity contribution >= 4 is 5.97 Å². The zero-order valence-electron chi connectivity index (χ0n) is 10.4. The van der Waals surface area contributed by atoms with Gasteiger partial charge in [-0.3, -0.25) is 9.48 Å². The van der Waals surface area contributed by atoms with Crippen LogP contribution in [0.15, 0.2) is 30.6 Å². The van der Waals surface area contributed by atoms with E-state index in [1.165, 1.54) is 23.1 Å². The molecule has 0 unspecified atom stereocenters. The average Bonchev–Trinajstić information content (AvgIpc) is 2.73. The number of carbonyl (C=O) groups is 1. The number of rotatable bonds is 3. The maximum absolute atomic E-state index is 12.0. The Bertz CT molecular complexity index is 622. The van der Waals surface area contributed by atoms with E-state index < -0.39 is 18.6 Å². The minimum atomic E-state index is -4.59. The lowest BCUT2D eigenvalue weighted by atomic mass is 10.2. The number of aromatic nitrogens is 3. The first-order valence-corrected chi connectivity index (χ1v) is 5.57. The van der Waals surface area contributed by atoms with Crippen molar-refractivity contribution in [2.24, 2.45) is 7.05 Å². The molecule has 0 atom stereocenters. The summed E-state index contributed by atoms with van der Waals surface area (Å²) in [6, 6.07) is 6.00. The van der Waals surface area contributed by atoms with Crippen molar-refractivity contribution in [3.05, 3.63) is 30.6 Å². The Morgan fingerprint density at radius 3 is 2.75 bits per heavy atom. The van der Waals surface area contributed by atoms with Gasteiger partial charge in [-0.05, 0) is 12.1 Å². The third-order valence-electron chi connectivity index (χ3n) is 2.27. The van der Waals surface area contributed by atoms with Gasteiger partial charge in [-0.15, -0.1) is 0 Å². The molecule has 20 heavy (non-hydrogen) atoms. The van der Waals surface area contributed by atoms with Crippen molar-refractivity contribution in [1.29, 1.82) is 0 Å². The largest absolute Gasteiger partial charge is 0.426 e. The molecule has 1 heterocycles. The molecule has 0 saturated heterocycles. The third kappa shape index (κ3) is 3.81. The van der Waals surface area contributed by atoms with Gasteiger partial charge in [0.05, 0.1) is 0 Å². The molecule has 0 radical (unpaired) electrons. The van der Waals surface area contributed by atoms with Crippen LogP contribution in [-0.4, -0.2) is 26.9 Å². The van der Waals surface area contributed by atoms with Crippen molar-refractivity contribution in [3.63, 3.8) is 0 Å². The normalized spacial score (nSPS) is 11.4. The van der Waals surface area contributed by atoms with Gasteiger partial charge in [0.15, 0.2) is 5.82 Å². The number of esters is 1. The molecule has 8 heteroatoms. The van der Waals surface area contributed by atoms with Crippen LogP contribution < -0.4 is 4.74 Å². The number of aryl methyl sites for hydroxylation is 1. The molecule has 0 saturated carbocycles. The van der Waals surface area contributed by atoms with Crippen LogP contribution in [0.3, 0.4) is 0 Å². The molecule has 2 rings (SSSR count). The summed E-state index contributed by atoms with van der Waals surface area (Å²) in [6.45, 7) is 0. The minimum Gasteiger partial charge on any atom is -0.426 e. The van der Waals surface area contributed by atoms with E-state index in [0.29, 0.717) is 11.4 Å². The van der Waals surface area contributed by atoms with E-state index in [1.54, 1.807) is 19.2 Å². The second kappa shape index (κ2) is 5.32. The summed E-state index contributed by atoms with van der Waals surface area (Å²) in [5.74, 6) is -0.950. The second-order valence-corrected chi connectivity index (χ2v) is 4.04. The number of ether oxygens (including phenoxy) is 1. The first-order valence-electron chi connectivity index (χ1n) is 5.57. The van der Waals surface area contributed by atoms with Crippen LogP contribution in [0.4, 0.5) is 13.2 Å². The molecule has 0 fully saturated rings. The van der Waals surface area contributed by atoms with Gasteiger partial charge >= 0.3 is 12.1 Å². The van der Waals surface area contributed by atoms with E-state index >= 15 is 0 Å². The van der Waals surface area contributed by atoms with Gasteiger partial charge in [-0.1, -0.05) is 12.1 Å². The quantitative estimate of drug-likeness (QED) is 0.641. The lowest BCUT2D eigenvalue weighted by Crippen LogP contribution is -2.19. The number of hydrogen-bond acceptors (Lipinski definition) is 4. The van der Waals surface area contributed by atoms with Crippen LogP contribution in [0.1, 0.15) is 6.42 Å². The van der Waals surface area contributed by atoms with Crippen LogP contribution in [0, 0.1) is 0 Å². The number of nitrogens with zero attached hydrogens (tertiary/aromatic N) is 3. The number of benzene rings is 1. The molecular formula is C12H10F3N3O2. The van der Waals surface area contributed by atoms with Crippen molar-refractivity contribution in [2.45, 2.75) is 12.6 Å². The van der Waals surface area contributed by atoms with Crippen LogP contribution in [0.5, 0.6) is 5.75 Å². The molecule has 0 spiro atoms. The number of alkyl halides is 3. The molecule has 0 N–H and O–H groups in total. The van der Waals surface area contributed by atoms with Crippen molar-refractivity contribution in [2.75, 3.05) is 0 Å². The lowest BCUT2D eigenvalue weighted by Gasteiger charge is -2.07. The minimum absolute atomic E-state index is 0.0178. The van der Waals surface area contributed by atoms with E-state index in [4.69, 9.17) is 0 Å². The molecule has 0 aliphatic rings. The van der Waals surface area contributed by atoms with E-state index in [-0.39, 0.29) is 5.75 Å². The second-order valence-electron chi connectivity index (χ2n) is 4.04. The van der Waals surface area contributed by atoms with Gasteiger partial charge in [0.2, 0.25) is 0 Å². The Labute approximate surface area is 112 Å². The van der Waals surface area contributed by atoms with Gasteiger partial charge in [0.1, 0.15) is 18.5 Å². The van der Waals surface area contributed by atoms with Gasteiger partial charge in [0, 0.05) is 12.6 Å². The van der Waals surface area contributed by atoms with Crippen molar-refractivity contribution in [1.82, 2.24) is 14.8 Å². The van der Waals surface area contributed by atoms with E-state index in [0.717, 1.165) is 0 Å². The van der Waals surface area contributed by atoms with Crippen LogP contribution in [0.2, 0.25) is 0 Å². The Morgan fingerprint density at radius 2 is 2.15 bits per heavy atom. The van der Waals surface area contributed by atoms with Gasteiger partial charge in [-0.25, -0.2) is 4.98 Å². The molecule has 1 aromatic heterocycles. The molecule has 0 aliphatic heterocycles. The summed E-state index contributed by atoms with van der Waals surface area (Å²) in [5.41, 5.74) is 0.544. The van der Waals surface area contributed by atoms with Crippen molar-refractivity contribution < 1.29 is 22.7 Å². The smallest absolute Gasteiger partial charge is 0.399 e. The maximum atomic E-state index is 12.0. The molecule has 0 amide bonds. The Hall–Kier alpha value is -2.38. The molecule has 0 bridgehead atoms. The fraction of sp³-hybridized carbons (Fsp3) is 0.250. The topological polar surface area (TPSA) is 57.0 Å². The molecule has 5 nitrogen and oxygen atoms in total. The molecule has 1 aromatic carbocycles. The van der Waals surface area contributed by atoms with Crippen molar-refractivity contribution in [3.8, 4) is 17.1 Å². The first kappa shape index (κ1) is 14.0. The molecule has 2 aromatic rings. The Morgan fingerprint density at radius 1 is 1.40 bits per heavy atom. The van der Waals surface area contributed by atoms with Crippen LogP contribution in [0.25, 0.3) is 11.4 Å². The average molecular weight is 285 g/mol. The van der Waals surface area contributed by atoms with Gasteiger partial charge < -0.3 is 4.74 Å². The number of carbonyl (C=O) groups excluding carboxylic acids is 1.